The SMILES string of the molecule is CC(C)(C)C(=O)OC(=O)C(=O)C(C)(C)C.CC(C)(C)C(=O)OC(=O)C(=O)C(C)(C)C.[H-].[H-].[Mg+2]. The van der Waals surface area contributed by atoms with E-state index in [1.54, 1.807) is 83.1 Å². The Kier molecular flexibility index (Phi) is 13.0. The first-order valence-corrected chi connectivity index (χ1v) is 9.54. The zero-order chi connectivity index (χ0) is 24.9. The maximum Gasteiger partial charge on any atom is 2.00 e. The minimum Gasteiger partial charge on any atom is -1.00 e. The van der Waals surface area contributed by atoms with Crippen LogP contribution in [0.25, 0.3) is 0 Å². The van der Waals surface area contributed by atoms with Crippen LogP contribution in [0, 0.1) is 21.7 Å². The Bertz CT molecular complexity index is 657. The first-order chi connectivity index (χ1) is 12.9. The van der Waals surface area contributed by atoms with Gasteiger partial charge in [-0.15, -0.1) is 0 Å². The third-order valence-electron chi connectivity index (χ3n) is 3.33. The van der Waals surface area contributed by atoms with Crippen molar-refractivity contribution >= 4 is 58.5 Å². The molecule has 176 valence electrons. The molecule has 0 unspecified atom stereocenters. The van der Waals surface area contributed by atoms with Crippen LogP contribution in [-0.2, 0) is 38.2 Å². The molecule has 0 radical (unpaired) electrons. The van der Waals surface area contributed by atoms with E-state index >= 15 is 0 Å². The summed E-state index contributed by atoms with van der Waals surface area (Å²) in [4.78, 5) is 67.9. The van der Waals surface area contributed by atoms with Crippen LogP contribution in [0.1, 0.15) is 85.9 Å². The van der Waals surface area contributed by atoms with E-state index in [0.29, 0.717) is 0 Å². The van der Waals surface area contributed by atoms with Gasteiger partial charge in [0.2, 0.25) is 11.6 Å². The summed E-state index contributed by atoms with van der Waals surface area (Å²) in [6, 6.07) is 0. The van der Waals surface area contributed by atoms with Gasteiger partial charge in [-0.3, -0.25) is 19.2 Å². The molecule has 0 aromatic rings. The molecular weight excluding hydrogens is 417 g/mol. The van der Waals surface area contributed by atoms with Gasteiger partial charge >= 0.3 is 46.9 Å². The molecule has 0 saturated heterocycles. The topological polar surface area (TPSA) is 121 Å². The van der Waals surface area contributed by atoms with E-state index < -0.39 is 57.1 Å². The second-order valence-corrected chi connectivity index (χ2v) is 11.0. The van der Waals surface area contributed by atoms with E-state index in [1.165, 1.54) is 0 Å². The van der Waals surface area contributed by atoms with Crippen molar-refractivity contribution in [1.29, 1.82) is 0 Å². The molecule has 0 amide bonds. The standard InChI is InChI=1S/2C11H18O4.Mg.2H/c2*1-10(2,3)7(12)8(13)15-9(14)11(4,5)6;;;/h2*1-6H3;;;/q;;+2;2*-1. The molecule has 0 aliphatic heterocycles. The quantitative estimate of drug-likeness (QED) is 0.270. The smallest absolute Gasteiger partial charge is 1.00 e. The molecule has 0 aromatic heterocycles. The van der Waals surface area contributed by atoms with Crippen molar-refractivity contribution in [1.82, 2.24) is 0 Å². The minimum absolute atomic E-state index is 0. The molecule has 0 N–H and O–H groups in total. The Morgan fingerprint density at radius 1 is 0.452 bits per heavy atom. The van der Waals surface area contributed by atoms with Gasteiger partial charge in [0.05, 0.1) is 10.8 Å². The van der Waals surface area contributed by atoms with Crippen LogP contribution in [0.15, 0.2) is 0 Å². The molecule has 0 bridgehead atoms. The van der Waals surface area contributed by atoms with Crippen molar-refractivity contribution in [2.45, 2.75) is 83.1 Å². The average Bonchev–Trinajstić information content (AvgIpc) is 2.50. The molecule has 0 rings (SSSR count). The molecule has 31 heavy (non-hydrogen) atoms. The largest absolute Gasteiger partial charge is 2.00 e. The summed E-state index contributed by atoms with van der Waals surface area (Å²) in [5, 5.41) is 0. The van der Waals surface area contributed by atoms with Crippen molar-refractivity contribution in [2.75, 3.05) is 0 Å². The summed E-state index contributed by atoms with van der Waals surface area (Å²) in [7, 11) is 0. The molecule has 0 aromatic carbocycles. The minimum atomic E-state index is -1.08. The van der Waals surface area contributed by atoms with Gasteiger partial charge in [0.15, 0.2) is 0 Å². The molecule has 0 aliphatic carbocycles. The molecule has 9 heteroatoms. The van der Waals surface area contributed by atoms with E-state index in [0.717, 1.165) is 0 Å². The molecule has 0 atom stereocenters. The van der Waals surface area contributed by atoms with E-state index in [2.05, 4.69) is 9.47 Å². The predicted octanol–water partition coefficient (Wildman–Crippen LogP) is 3.28. The van der Waals surface area contributed by atoms with Crippen LogP contribution in [0.5, 0.6) is 0 Å². The third-order valence-corrected chi connectivity index (χ3v) is 3.33. The number of carbonyl (C=O) groups excluding carboxylic acids is 6. The molecule has 8 nitrogen and oxygen atoms in total. The summed E-state index contributed by atoms with van der Waals surface area (Å²) < 4.78 is 8.95. The Morgan fingerprint density at radius 2 is 0.645 bits per heavy atom. The van der Waals surface area contributed by atoms with Gasteiger partial charge < -0.3 is 12.3 Å². The summed E-state index contributed by atoms with van der Waals surface area (Å²) in [5.41, 5.74) is -3.22. The molecule has 0 fully saturated rings. The fourth-order valence-corrected chi connectivity index (χ4v) is 1.18. The first-order valence-electron chi connectivity index (χ1n) is 9.54. The van der Waals surface area contributed by atoms with Gasteiger partial charge in [0, 0.05) is 10.8 Å². The van der Waals surface area contributed by atoms with Crippen molar-refractivity contribution < 1.29 is 41.1 Å². The van der Waals surface area contributed by atoms with Crippen LogP contribution in [0.4, 0.5) is 0 Å². The van der Waals surface area contributed by atoms with Crippen LogP contribution in [-0.4, -0.2) is 58.5 Å². The monoisotopic (exact) mass is 454 g/mol. The van der Waals surface area contributed by atoms with Crippen LogP contribution in [0.2, 0.25) is 0 Å². The number of Topliss-reactive ketones (excluding diaryl/α,β-unsaturated/α-hetero) is 2. The van der Waals surface area contributed by atoms with Crippen LogP contribution in [0.3, 0.4) is 0 Å². The zero-order valence-corrected chi connectivity index (χ0v) is 22.4. The number of rotatable bonds is 2. The third kappa shape index (κ3) is 13.4. The van der Waals surface area contributed by atoms with E-state index in [9.17, 15) is 28.8 Å². The number of esters is 4. The second-order valence-electron chi connectivity index (χ2n) is 11.0. The van der Waals surface area contributed by atoms with Gasteiger partial charge in [-0.25, -0.2) is 9.59 Å². The van der Waals surface area contributed by atoms with Crippen LogP contribution < -0.4 is 0 Å². The molecule has 0 saturated carbocycles. The second kappa shape index (κ2) is 11.9. The normalized spacial score (nSPS) is 11.7. The van der Waals surface area contributed by atoms with Crippen molar-refractivity contribution in [2.24, 2.45) is 21.7 Å². The van der Waals surface area contributed by atoms with E-state index in [4.69, 9.17) is 0 Å². The number of hydrogen-bond acceptors (Lipinski definition) is 8. The number of ether oxygens (including phenoxy) is 2. The molecule has 0 heterocycles. The fraction of sp³-hybridized carbons (Fsp3) is 0.727. The zero-order valence-electron chi connectivity index (χ0n) is 23.0. The average molecular weight is 455 g/mol. The predicted molar refractivity (Wildman–Crippen MR) is 118 cm³/mol. The molecule has 0 aliphatic rings. The Morgan fingerprint density at radius 3 is 0.774 bits per heavy atom. The van der Waals surface area contributed by atoms with Gasteiger partial charge in [-0.05, 0) is 41.5 Å². The van der Waals surface area contributed by atoms with Crippen molar-refractivity contribution in [3.05, 3.63) is 0 Å². The first kappa shape index (κ1) is 34.0. The number of hydrogen-bond donors (Lipinski definition) is 0. The van der Waals surface area contributed by atoms with Crippen molar-refractivity contribution in [3.63, 3.8) is 0 Å². The van der Waals surface area contributed by atoms with Crippen molar-refractivity contribution in [3.8, 4) is 0 Å². The Hall–Kier alpha value is -1.61. The maximum absolute atomic E-state index is 11.4. The number of carbonyl (C=O) groups is 6. The van der Waals surface area contributed by atoms with Crippen LogP contribution >= 0.6 is 0 Å². The Balaban J connectivity index is -0.000000145. The maximum atomic E-state index is 11.4. The Labute approximate surface area is 204 Å². The van der Waals surface area contributed by atoms with E-state index in [-0.39, 0.29) is 25.9 Å². The molecule has 0 spiro atoms. The van der Waals surface area contributed by atoms with Gasteiger partial charge in [-0.1, -0.05) is 41.5 Å². The molecular formula is C22H38MgO8. The number of ketones is 2. The van der Waals surface area contributed by atoms with Gasteiger partial charge in [-0.2, -0.15) is 0 Å². The van der Waals surface area contributed by atoms with Gasteiger partial charge in [0.1, 0.15) is 0 Å². The van der Waals surface area contributed by atoms with E-state index in [1.807, 2.05) is 0 Å². The summed E-state index contributed by atoms with van der Waals surface area (Å²) >= 11 is 0. The fourth-order valence-electron chi connectivity index (χ4n) is 1.18. The summed E-state index contributed by atoms with van der Waals surface area (Å²) in [5.74, 6) is -4.93. The summed E-state index contributed by atoms with van der Waals surface area (Å²) in [6.07, 6.45) is 0. The van der Waals surface area contributed by atoms with Gasteiger partial charge in [0.25, 0.3) is 0 Å². The summed E-state index contributed by atoms with van der Waals surface area (Å²) in [6.45, 7) is 19.3.